The van der Waals surface area contributed by atoms with Crippen LogP contribution in [-0.2, 0) is 6.42 Å². The number of para-hydroxylation sites is 3. The van der Waals surface area contributed by atoms with E-state index in [2.05, 4.69) is 203 Å². The van der Waals surface area contributed by atoms with Crippen LogP contribution in [0.5, 0.6) is 0 Å². The molecule has 2 atom stereocenters. The highest BCUT2D eigenvalue weighted by molar-refractivity contribution is 6.12. The summed E-state index contributed by atoms with van der Waals surface area (Å²) in [5.74, 6) is 0. The van der Waals surface area contributed by atoms with Gasteiger partial charge in [0.2, 0.25) is 0 Å². The van der Waals surface area contributed by atoms with Gasteiger partial charge in [0.05, 0.1) is 35.2 Å². The first-order valence-corrected chi connectivity index (χ1v) is 19.8. The van der Waals surface area contributed by atoms with Gasteiger partial charge in [-0.05, 0) is 68.8 Å². The van der Waals surface area contributed by atoms with Crippen LogP contribution in [-0.4, -0.2) is 4.57 Å². The van der Waals surface area contributed by atoms with Gasteiger partial charge >= 0.3 is 0 Å². The smallest absolute Gasteiger partial charge is 0.143 e. The molecule has 0 bridgehead atoms. The van der Waals surface area contributed by atoms with E-state index in [4.69, 9.17) is 4.42 Å². The van der Waals surface area contributed by atoms with Crippen molar-refractivity contribution in [2.75, 3.05) is 0 Å². The minimum Gasteiger partial charge on any atom is -0.455 e. The number of hydrogen-bond acceptors (Lipinski definition) is 4. The highest BCUT2D eigenvalue weighted by Crippen LogP contribution is 2.48. The van der Waals surface area contributed by atoms with Crippen molar-refractivity contribution >= 4 is 43.7 Å². The summed E-state index contributed by atoms with van der Waals surface area (Å²) in [6.07, 6.45) is 0.675. The fraction of sp³-hybridized carbons (Fsp3) is 0.0769. The first-order chi connectivity index (χ1) is 28.3. The monoisotopic (exact) mass is 734 g/mol. The van der Waals surface area contributed by atoms with Crippen molar-refractivity contribution in [3.63, 3.8) is 0 Å². The summed E-state index contributed by atoms with van der Waals surface area (Å²) in [6, 6.07) is 65.6. The molecule has 2 aliphatic rings. The molecule has 5 nitrogen and oxygen atoms in total. The molecule has 1 aliphatic carbocycles. The lowest BCUT2D eigenvalue weighted by molar-refractivity contribution is 0.203. The van der Waals surface area contributed by atoms with E-state index >= 15 is 0 Å². The van der Waals surface area contributed by atoms with Gasteiger partial charge in [-0.3, -0.25) is 16.0 Å². The number of aromatic nitrogens is 1. The van der Waals surface area contributed by atoms with Crippen LogP contribution in [0, 0.1) is 0 Å². The molecule has 2 unspecified atom stereocenters. The zero-order chi connectivity index (χ0) is 37.5. The normalized spacial score (nSPS) is 17.7. The zero-order valence-corrected chi connectivity index (χ0v) is 31.1. The number of rotatable bonds is 5. The third-order valence-electron chi connectivity index (χ3n) is 12.2. The molecule has 57 heavy (non-hydrogen) atoms. The Morgan fingerprint density at radius 2 is 1.00 bits per heavy atom. The van der Waals surface area contributed by atoms with Crippen LogP contribution in [0.15, 0.2) is 186 Å². The van der Waals surface area contributed by atoms with Crippen molar-refractivity contribution in [2.45, 2.75) is 24.9 Å². The number of nitrogens with zero attached hydrogens (tertiary/aromatic N) is 1. The van der Waals surface area contributed by atoms with Crippen LogP contribution < -0.4 is 16.0 Å². The molecule has 0 amide bonds. The van der Waals surface area contributed by atoms with Gasteiger partial charge in [0.15, 0.2) is 0 Å². The largest absolute Gasteiger partial charge is 0.455 e. The molecule has 2 aromatic heterocycles. The highest BCUT2D eigenvalue weighted by Gasteiger charge is 2.31. The van der Waals surface area contributed by atoms with Crippen molar-refractivity contribution < 1.29 is 4.42 Å². The van der Waals surface area contributed by atoms with Crippen LogP contribution >= 0.6 is 0 Å². The van der Waals surface area contributed by atoms with Crippen LogP contribution in [0.1, 0.15) is 46.3 Å². The lowest BCUT2D eigenvalue weighted by Gasteiger charge is -2.39. The van der Waals surface area contributed by atoms with E-state index in [1.165, 1.54) is 66.4 Å². The van der Waals surface area contributed by atoms with Crippen molar-refractivity contribution in [3.05, 3.63) is 210 Å². The Morgan fingerprint density at radius 1 is 0.439 bits per heavy atom. The molecule has 3 N–H and O–H groups in total. The maximum absolute atomic E-state index is 6.94. The fourth-order valence-electron chi connectivity index (χ4n) is 9.59. The summed E-state index contributed by atoms with van der Waals surface area (Å²) in [5.41, 5.74) is 16.6. The predicted molar refractivity (Wildman–Crippen MR) is 232 cm³/mol. The van der Waals surface area contributed by atoms with Gasteiger partial charge in [-0.15, -0.1) is 0 Å². The van der Waals surface area contributed by atoms with Crippen molar-refractivity contribution in [1.82, 2.24) is 20.5 Å². The fourth-order valence-corrected chi connectivity index (χ4v) is 9.59. The summed E-state index contributed by atoms with van der Waals surface area (Å²) in [6.45, 7) is 0. The topological polar surface area (TPSA) is 54.2 Å². The molecule has 3 heterocycles. The van der Waals surface area contributed by atoms with Gasteiger partial charge < -0.3 is 8.98 Å². The molecule has 0 spiro atoms. The van der Waals surface area contributed by atoms with Crippen LogP contribution in [0.2, 0.25) is 0 Å². The first kappa shape index (κ1) is 32.5. The van der Waals surface area contributed by atoms with Crippen LogP contribution in [0.25, 0.3) is 71.7 Å². The van der Waals surface area contributed by atoms with Gasteiger partial charge in [-0.2, -0.15) is 0 Å². The first-order valence-electron chi connectivity index (χ1n) is 19.8. The molecular formula is C52H38N4O. The summed E-state index contributed by atoms with van der Waals surface area (Å²) < 4.78 is 9.41. The number of nitrogens with one attached hydrogen (secondary N) is 3. The number of benzene rings is 8. The van der Waals surface area contributed by atoms with Crippen LogP contribution in [0.3, 0.4) is 0 Å². The van der Waals surface area contributed by atoms with E-state index in [1.54, 1.807) is 0 Å². The molecule has 0 saturated carbocycles. The maximum atomic E-state index is 6.94. The minimum absolute atomic E-state index is 0.0424. The summed E-state index contributed by atoms with van der Waals surface area (Å²) in [5, 5.41) is 16.2. The molecule has 272 valence electrons. The molecule has 8 aromatic carbocycles. The van der Waals surface area contributed by atoms with E-state index in [0.717, 1.165) is 39.5 Å². The Morgan fingerprint density at radius 3 is 1.70 bits per heavy atom. The molecule has 1 saturated heterocycles. The molecule has 1 fully saturated rings. The second-order valence-corrected chi connectivity index (χ2v) is 15.3. The third-order valence-corrected chi connectivity index (χ3v) is 12.2. The molecule has 0 radical (unpaired) electrons. The van der Waals surface area contributed by atoms with E-state index in [0.29, 0.717) is 0 Å². The minimum atomic E-state index is -0.114. The quantitative estimate of drug-likeness (QED) is 0.165. The van der Waals surface area contributed by atoms with E-state index in [9.17, 15) is 0 Å². The third kappa shape index (κ3) is 5.14. The Kier molecular flexibility index (Phi) is 7.35. The van der Waals surface area contributed by atoms with Gasteiger partial charge in [-0.25, -0.2) is 0 Å². The molecule has 1 aliphatic heterocycles. The predicted octanol–water partition coefficient (Wildman–Crippen LogP) is 12.1. The second kappa shape index (κ2) is 12.9. The second-order valence-electron chi connectivity index (χ2n) is 15.3. The van der Waals surface area contributed by atoms with Gasteiger partial charge in [0.25, 0.3) is 0 Å². The van der Waals surface area contributed by atoms with Crippen molar-refractivity contribution in [2.24, 2.45) is 0 Å². The highest BCUT2D eigenvalue weighted by atomic mass is 16.3. The SMILES string of the molecule is c1ccc(C2NC(c3ccccc3)NC(c3ccc4c(c3)oc3c(-c5cccc6c5-c5cccc(-n7c8ccccc8c8ccccc87)c5C6)cccc34)N2)cc1. The Labute approximate surface area is 330 Å². The Hall–Kier alpha value is -6.76. The lowest BCUT2D eigenvalue weighted by atomic mass is 9.93. The van der Waals surface area contributed by atoms with Crippen molar-refractivity contribution in [1.29, 1.82) is 0 Å². The maximum Gasteiger partial charge on any atom is 0.143 e. The Bertz CT molecular complexity index is 3060. The molecule has 10 aromatic rings. The number of fused-ring (bicyclic) bond motifs is 9. The number of hydrogen-bond donors (Lipinski definition) is 3. The summed E-state index contributed by atoms with van der Waals surface area (Å²) in [7, 11) is 0. The number of furan rings is 1. The van der Waals surface area contributed by atoms with E-state index in [1.807, 2.05) is 0 Å². The van der Waals surface area contributed by atoms with Gasteiger partial charge in [0.1, 0.15) is 11.2 Å². The zero-order valence-electron chi connectivity index (χ0n) is 31.1. The van der Waals surface area contributed by atoms with Crippen LogP contribution in [0.4, 0.5) is 0 Å². The van der Waals surface area contributed by atoms with Gasteiger partial charge in [0, 0.05) is 33.5 Å². The Balaban J connectivity index is 0.961. The molecular weight excluding hydrogens is 697 g/mol. The summed E-state index contributed by atoms with van der Waals surface area (Å²) in [4.78, 5) is 0. The molecule has 12 rings (SSSR count). The average Bonchev–Trinajstić information content (AvgIpc) is 3.96. The van der Waals surface area contributed by atoms with Crippen molar-refractivity contribution in [3.8, 4) is 27.9 Å². The van der Waals surface area contributed by atoms with Gasteiger partial charge in [-0.1, -0.05) is 158 Å². The standard InChI is InChI=1S/C52H38N4O/c1-3-14-32(15-4-1)50-53-51(33-16-5-2-6-17-33)55-52(54-50)35-28-29-38-41-23-12-24-42(49(41)57-47(38)31-35)39-21-11-18-34-30-43-40(48(34)39)22-13-27-46(43)56-44-25-9-7-19-36(44)37-20-8-10-26-45(37)56/h1-29,31,50-55H,30H2. The summed E-state index contributed by atoms with van der Waals surface area (Å²) >= 11 is 0. The average molecular weight is 735 g/mol. The molecule has 5 heteroatoms. The lowest BCUT2D eigenvalue weighted by Crippen LogP contribution is -2.54. The van der Waals surface area contributed by atoms with E-state index in [-0.39, 0.29) is 18.5 Å². The van der Waals surface area contributed by atoms with E-state index < -0.39 is 0 Å².